The van der Waals surface area contributed by atoms with Crippen molar-refractivity contribution in [3.05, 3.63) is 42.0 Å². The van der Waals surface area contributed by atoms with E-state index >= 15 is 0 Å². The molecule has 7 amide bonds. The molecule has 0 saturated heterocycles. The standard InChI is InChI=1S/C31H44N6O10/c1-20(2)28(36-25(39)12-15-45-17-18-46-16-14-37-26(40)10-11-27(37)41)30(43)35-24(5-4-13-33-31(32)44)29(42)34-23-8-6-22(7-9-23)19-47-21(3)38/h6-11,20,24,28H,4-5,12-19H2,1-3H3,(H,34,42)(H,35,43)(H,36,39)(H3,32,33,44)/t24-,28-/m0/s1. The lowest BCUT2D eigenvalue weighted by Gasteiger charge is -2.25. The van der Waals surface area contributed by atoms with Crippen LogP contribution in [0.3, 0.4) is 0 Å². The molecule has 1 heterocycles. The van der Waals surface area contributed by atoms with E-state index < -0.39 is 41.8 Å². The van der Waals surface area contributed by atoms with Crippen molar-refractivity contribution < 1.29 is 47.8 Å². The van der Waals surface area contributed by atoms with Gasteiger partial charge in [-0.25, -0.2) is 4.79 Å². The fraction of sp³-hybridized carbons (Fsp3) is 0.516. The Balaban J connectivity index is 1.84. The van der Waals surface area contributed by atoms with Crippen LogP contribution in [-0.2, 0) is 49.6 Å². The number of primary amides is 1. The van der Waals surface area contributed by atoms with Crippen molar-refractivity contribution in [1.82, 2.24) is 20.9 Å². The topological polar surface area (TPSA) is 225 Å². The van der Waals surface area contributed by atoms with Gasteiger partial charge in [0.1, 0.15) is 18.7 Å². The summed E-state index contributed by atoms with van der Waals surface area (Å²) >= 11 is 0. The van der Waals surface area contributed by atoms with E-state index in [-0.39, 0.29) is 76.7 Å². The van der Waals surface area contributed by atoms with E-state index in [2.05, 4.69) is 21.3 Å². The number of nitrogens with one attached hydrogen (secondary N) is 4. The maximum absolute atomic E-state index is 13.3. The van der Waals surface area contributed by atoms with Crippen molar-refractivity contribution in [2.24, 2.45) is 11.7 Å². The molecule has 47 heavy (non-hydrogen) atoms. The molecule has 2 atom stereocenters. The summed E-state index contributed by atoms with van der Waals surface area (Å²) in [6, 6.07) is 3.97. The zero-order valence-corrected chi connectivity index (χ0v) is 26.9. The number of nitrogens with two attached hydrogens (primary N) is 1. The van der Waals surface area contributed by atoms with E-state index in [1.807, 2.05) is 0 Å². The third-order valence-electron chi connectivity index (χ3n) is 6.74. The Morgan fingerprint density at radius 2 is 1.51 bits per heavy atom. The van der Waals surface area contributed by atoms with Crippen molar-refractivity contribution in [1.29, 1.82) is 0 Å². The summed E-state index contributed by atoms with van der Waals surface area (Å²) in [5, 5.41) is 10.6. The van der Waals surface area contributed by atoms with Crippen LogP contribution in [0, 0.1) is 5.92 Å². The van der Waals surface area contributed by atoms with Crippen molar-refractivity contribution in [3.63, 3.8) is 0 Å². The summed E-state index contributed by atoms with van der Waals surface area (Å²) in [6.07, 6.45) is 2.86. The van der Waals surface area contributed by atoms with Gasteiger partial charge >= 0.3 is 12.0 Å². The Morgan fingerprint density at radius 3 is 2.11 bits per heavy atom. The van der Waals surface area contributed by atoms with Crippen LogP contribution >= 0.6 is 0 Å². The third-order valence-corrected chi connectivity index (χ3v) is 6.74. The molecule has 0 saturated carbocycles. The number of hydrogen-bond acceptors (Lipinski definition) is 10. The summed E-state index contributed by atoms with van der Waals surface area (Å²) in [5.74, 6) is -3.00. The molecule has 1 aliphatic rings. The van der Waals surface area contributed by atoms with Gasteiger partial charge in [0, 0.05) is 37.7 Å². The minimum atomic E-state index is -1.00. The molecule has 16 nitrogen and oxygen atoms in total. The quantitative estimate of drug-likeness (QED) is 0.0680. The number of esters is 1. The van der Waals surface area contributed by atoms with E-state index in [9.17, 15) is 33.6 Å². The highest BCUT2D eigenvalue weighted by Crippen LogP contribution is 2.13. The largest absolute Gasteiger partial charge is 0.461 e. The lowest BCUT2D eigenvalue weighted by atomic mass is 10.0. The van der Waals surface area contributed by atoms with Gasteiger partial charge < -0.3 is 41.2 Å². The zero-order valence-electron chi connectivity index (χ0n) is 26.9. The number of imide groups is 1. The molecule has 0 unspecified atom stereocenters. The van der Waals surface area contributed by atoms with Gasteiger partial charge in [-0.05, 0) is 36.5 Å². The van der Waals surface area contributed by atoms with E-state index in [1.54, 1.807) is 38.1 Å². The van der Waals surface area contributed by atoms with Gasteiger partial charge in [-0.1, -0.05) is 26.0 Å². The smallest absolute Gasteiger partial charge is 0.312 e. The molecule has 0 radical (unpaired) electrons. The fourth-order valence-electron chi connectivity index (χ4n) is 4.22. The number of benzene rings is 1. The Labute approximate surface area is 273 Å². The number of carbonyl (C=O) groups excluding carboxylic acids is 7. The van der Waals surface area contributed by atoms with Crippen LogP contribution in [0.5, 0.6) is 0 Å². The SMILES string of the molecule is CC(=O)OCc1ccc(NC(=O)[C@H](CCCNC(N)=O)NC(=O)[C@@H](NC(=O)CCOCCOCCN2C(=O)C=CC2=O)C(C)C)cc1. The molecule has 0 bridgehead atoms. The highest BCUT2D eigenvalue weighted by Gasteiger charge is 2.29. The zero-order chi connectivity index (χ0) is 34.8. The average molecular weight is 661 g/mol. The first kappa shape index (κ1) is 38.4. The minimum absolute atomic E-state index is 0.0326. The molecule has 2 rings (SSSR count). The van der Waals surface area contributed by atoms with E-state index in [4.69, 9.17) is 19.9 Å². The highest BCUT2D eigenvalue weighted by atomic mass is 16.5. The molecular weight excluding hydrogens is 616 g/mol. The van der Waals surface area contributed by atoms with Crippen molar-refractivity contribution in [2.45, 2.75) is 58.7 Å². The fourth-order valence-corrected chi connectivity index (χ4v) is 4.22. The van der Waals surface area contributed by atoms with Crippen molar-refractivity contribution >= 4 is 47.2 Å². The molecule has 1 aromatic rings. The Hall–Kier alpha value is -4.83. The number of anilines is 1. The molecular formula is C31H44N6O10. The molecule has 0 aliphatic carbocycles. The van der Waals surface area contributed by atoms with E-state index in [1.165, 1.54) is 19.1 Å². The first-order valence-corrected chi connectivity index (χ1v) is 15.2. The Bertz CT molecular complexity index is 1270. The molecule has 6 N–H and O–H groups in total. The van der Waals surface area contributed by atoms with Gasteiger partial charge in [-0.3, -0.25) is 33.7 Å². The van der Waals surface area contributed by atoms with E-state index in [0.29, 0.717) is 12.1 Å². The van der Waals surface area contributed by atoms with Crippen molar-refractivity contribution in [2.75, 3.05) is 44.8 Å². The second-order valence-corrected chi connectivity index (χ2v) is 10.9. The van der Waals surface area contributed by atoms with Crippen LogP contribution in [0.1, 0.15) is 45.6 Å². The summed E-state index contributed by atoms with van der Waals surface area (Å²) in [6.45, 7) is 5.79. The molecule has 1 aliphatic heterocycles. The third kappa shape index (κ3) is 14.9. The maximum atomic E-state index is 13.3. The maximum Gasteiger partial charge on any atom is 0.312 e. The Kier molecular flexibility index (Phi) is 16.6. The van der Waals surface area contributed by atoms with Gasteiger partial charge in [-0.2, -0.15) is 0 Å². The monoisotopic (exact) mass is 660 g/mol. The van der Waals surface area contributed by atoms with Crippen LogP contribution in [0.2, 0.25) is 0 Å². The first-order chi connectivity index (χ1) is 22.4. The molecule has 0 fully saturated rings. The number of carbonyl (C=O) groups is 7. The molecule has 0 spiro atoms. The summed E-state index contributed by atoms with van der Waals surface area (Å²) < 4.78 is 15.7. The van der Waals surface area contributed by atoms with Crippen LogP contribution < -0.4 is 27.0 Å². The lowest BCUT2D eigenvalue weighted by Crippen LogP contribution is -2.54. The normalized spacial score (nSPS) is 13.7. The van der Waals surface area contributed by atoms with Gasteiger partial charge in [0.25, 0.3) is 11.8 Å². The number of ether oxygens (including phenoxy) is 3. The predicted octanol–water partition coefficient (Wildman–Crippen LogP) is 0.111. The van der Waals surface area contributed by atoms with Crippen LogP contribution in [0.15, 0.2) is 36.4 Å². The summed E-state index contributed by atoms with van der Waals surface area (Å²) in [5.41, 5.74) is 6.29. The summed E-state index contributed by atoms with van der Waals surface area (Å²) in [4.78, 5) is 85.3. The second-order valence-electron chi connectivity index (χ2n) is 10.9. The lowest BCUT2D eigenvalue weighted by molar-refractivity contribution is -0.142. The number of hydrogen-bond donors (Lipinski definition) is 5. The number of amides is 7. The van der Waals surface area contributed by atoms with Gasteiger partial charge in [0.05, 0.1) is 33.0 Å². The number of nitrogens with zero attached hydrogens (tertiary/aromatic N) is 1. The van der Waals surface area contributed by atoms with Crippen LogP contribution in [-0.4, -0.2) is 98.0 Å². The highest BCUT2D eigenvalue weighted by molar-refractivity contribution is 6.12. The molecule has 258 valence electrons. The average Bonchev–Trinajstić information content (AvgIpc) is 3.34. The predicted molar refractivity (Wildman–Crippen MR) is 168 cm³/mol. The number of urea groups is 1. The molecule has 16 heteroatoms. The van der Waals surface area contributed by atoms with Gasteiger partial charge in [0.2, 0.25) is 17.7 Å². The minimum Gasteiger partial charge on any atom is -0.461 e. The first-order valence-electron chi connectivity index (χ1n) is 15.2. The Morgan fingerprint density at radius 1 is 0.872 bits per heavy atom. The van der Waals surface area contributed by atoms with Gasteiger partial charge in [-0.15, -0.1) is 0 Å². The van der Waals surface area contributed by atoms with Gasteiger partial charge in [0.15, 0.2) is 0 Å². The second kappa shape index (κ2) is 20.3. The van der Waals surface area contributed by atoms with Crippen LogP contribution in [0.25, 0.3) is 0 Å². The van der Waals surface area contributed by atoms with Crippen molar-refractivity contribution in [3.8, 4) is 0 Å². The number of rotatable bonds is 21. The molecule has 0 aromatic heterocycles. The van der Waals surface area contributed by atoms with Crippen LogP contribution in [0.4, 0.5) is 10.5 Å². The molecule has 1 aromatic carbocycles. The summed E-state index contributed by atoms with van der Waals surface area (Å²) in [7, 11) is 0. The van der Waals surface area contributed by atoms with E-state index in [0.717, 1.165) is 10.5 Å².